The van der Waals surface area contributed by atoms with Crippen molar-refractivity contribution in [2.75, 3.05) is 18.1 Å². The minimum Gasteiger partial charge on any atom is -0.459 e. The van der Waals surface area contributed by atoms with Gasteiger partial charge >= 0.3 is 11.7 Å². The lowest BCUT2D eigenvalue weighted by Crippen LogP contribution is -2.24. The minimum absolute atomic E-state index is 0.0245. The Morgan fingerprint density at radius 2 is 2.10 bits per heavy atom. The summed E-state index contributed by atoms with van der Waals surface area (Å²) in [6, 6.07) is 4.94. The van der Waals surface area contributed by atoms with Gasteiger partial charge in [-0.05, 0) is 32.9 Å². The number of anilines is 1. The van der Waals surface area contributed by atoms with Crippen LogP contribution in [-0.4, -0.2) is 29.3 Å². The van der Waals surface area contributed by atoms with Crippen molar-refractivity contribution in [3.8, 4) is 0 Å². The highest BCUT2D eigenvalue weighted by molar-refractivity contribution is 8.00. The molecule has 0 atom stereocenters. The van der Waals surface area contributed by atoms with Gasteiger partial charge in [0.15, 0.2) is 0 Å². The quantitative estimate of drug-likeness (QED) is 0.389. The van der Waals surface area contributed by atoms with Crippen molar-refractivity contribution in [2.24, 2.45) is 0 Å². The Kier molecular flexibility index (Phi) is 5.38. The smallest absolute Gasteiger partial charge is 0.316 e. The summed E-state index contributed by atoms with van der Waals surface area (Å²) in [5.41, 5.74) is -0.163. The fourth-order valence-electron chi connectivity index (χ4n) is 1.54. The number of para-hydroxylation sites is 1. The molecule has 0 aromatic heterocycles. The van der Waals surface area contributed by atoms with Crippen LogP contribution in [0, 0.1) is 10.1 Å². The molecule has 1 N–H and O–H groups in total. The zero-order valence-electron chi connectivity index (χ0n) is 11.9. The second-order valence-electron chi connectivity index (χ2n) is 5.03. The third-order valence-electron chi connectivity index (χ3n) is 2.22. The molecule has 0 aliphatic rings. The molecule has 0 fully saturated rings. The van der Waals surface area contributed by atoms with E-state index in [0.29, 0.717) is 10.6 Å². The van der Waals surface area contributed by atoms with Crippen LogP contribution >= 0.6 is 11.8 Å². The lowest BCUT2D eigenvalue weighted by Gasteiger charge is -2.19. The SMILES string of the molecule is CNc1cccc(SCC(=O)OC(C)(C)C)c1[N+](=O)[O-]. The summed E-state index contributed by atoms with van der Waals surface area (Å²) in [4.78, 5) is 22.7. The van der Waals surface area contributed by atoms with Crippen molar-refractivity contribution >= 4 is 29.1 Å². The first-order valence-electron chi connectivity index (χ1n) is 6.04. The van der Waals surface area contributed by atoms with E-state index < -0.39 is 16.5 Å². The molecule has 110 valence electrons. The van der Waals surface area contributed by atoms with Gasteiger partial charge in [0.05, 0.1) is 15.6 Å². The van der Waals surface area contributed by atoms with Crippen molar-refractivity contribution in [3.63, 3.8) is 0 Å². The van der Waals surface area contributed by atoms with E-state index in [2.05, 4.69) is 5.32 Å². The Bertz CT molecular complexity index is 512. The topological polar surface area (TPSA) is 81.5 Å². The standard InChI is InChI=1S/C13H18N2O4S/c1-13(2,3)19-11(16)8-20-10-7-5-6-9(14-4)12(10)15(17)18/h5-7,14H,8H2,1-4H3. The van der Waals surface area contributed by atoms with E-state index in [0.717, 1.165) is 11.8 Å². The van der Waals surface area contributed by atoms with Crippen LogP contribution < -0.4 is 5.32 Å². The van der Waals surface area contributed by atoms with Crippen molar-refractivity contribution in [1.82, 2.24) is 0 Å². The number of esters is 1. The molecule has 1 aromatic carbocycles. The summed E-state index contributed by atoms with van der Waals surface area (Å²) in [5.74, 6) is -0.364. The molecule has 0 radical (unpaired) electrons. The lowest BCUT2D eigenvalue weighted by molar-refractivity contribution is -0.386. The number of carbonyl (C=O) groups excluding carboxylic acids is 1. The second-order valence-corrected chi connectivity index (χ2v) is 6.05. The van der Waals surface area contributed by atoms with Gasteiger partial charge in [0.25, 0.3) is 0 Å². The van der Waals surface area contributed by atoms with Crippen LogP contribution in [0.5, 0.6) is 0 Å². The van der Waals surface area contributed by atoms with Gasteiger partial charge in [0.2, 0.25) is 0 Å². The van der Waals surface area contributed by atoms with Gasteiger partial charge in [-0.2, -0.15) is 0 Å². The fourth-order valence-corrected chi connectivity index (χ4v) is 2.36. The first-order chi connectivity index (χ1) is 9.24. The molecular weight excluding hydrogens is 280 g/mol. The number of hydrogen-bond donors (Lipinski definition) is 1. The summed E-state index contributed by atoms with van der Waals surface area (Å²) in [7, 11) is 1.62. The number of carbonyl (C=O) groups is 1. The van der Waals surface area contributed by atoms with E-state index >= 15 is 0 Å². The third kappa shape index (κ3) is 4.73. The largest absolute Gasteiger partial charge is 0.459 e. The van der Waals surface area contributed by atoms with Gasteiger partial charge in [-0.1, -0.05) is 6.07 Å². The maximum Gasteiger partial charge on any atom is 0.316 e. The molecule has 0 aliphatic heterocycles. The molecule has 20 heavy (non-hydrogen) atoms. The van der Waals surface area contributed by atoms with Crippen LogP contribution in [0.3, 0.4) is 0 Å². The molecule has 0 aliphatic carbocycles. The number of hydrogen-bond acceptors (Lipinski definition) is 6. The Morgan fingerprint density at radius 1 is 1.45 bits per heavy atom. The summed E-state index contributed by atoms with van der Waals surface area (Å²) in [5, 5.41) is 13.9. The number of rotatable bonds is 5. The molecule has 0 bridgehead atoms. The van der Waals surface area contributed by atoms with Crippen LogP contribution in [0.4, 0.5) is 11.4 Å². The van der Waals surface area contributed by atoms with Crippen molar-refractivity contribution in [2.45, 2.75) is 31.3 Å². The molecule has 1 rings (SSSR count). The highest BCUT2D eigenvalue weighted by Gasteiger charge is 2.21. The first kappa shape index (κ1) is 16.3. The van der Waals surface area contributed by atoms with Gasteiger partial charge in [-0.3, -0.25) is 14.9 Å². The molecule has 0 spiro atoms. The Labute approximate surface area is 122 Å². The zero-order chi connectivity index (χ0) is 15.3. The number of nitrogens with one attached hydrogen (secondary N) is 1. The fraction of sp³-hybridized carbons (Fsp3) is 0.462. The summed E-state index contributed by atoms with van der Waals surface area (Å²) < 4.78 is 5.17. The molecule has 0 saturated carbocycles. The molecule has 0 saturated heterocycles. The first-order valence-corrected chi connectivity index (χ1v) is 7.03. The minimum atomic E-state index is -0.559. The van der Waals surface area contributed by atoms with E-state index in [4.69, 9.17) is 4.74 Å². The van der Waals surface area contributed by atoms with Crippen molar-refractivity contribution < 1.29 is 14.5 Å². The Hall–Kier alpha value is -1.76. The van der Waals surface area contributed by atoms with Crippen molar-refractivity contribution in [1.29, 1.82) is 0 Å². The molecule has 0 unspecified atom stereocenters. The van der Waals surface area contributed by atoms with E-state index in [1.165, 1.54) is 0 Å². The molecular formula is C13H18N2O4S. The van der Waals surface area contributed by atoms with Crippen LogP contribution in [0.2, 0.25) is 0 Å². The average Bonchev–Trinajstić information content (AvgIpc) is 2.33. The summed E-state index contributed by atoms with van der Waals surface area (Å²) in [6.45, 7) is 5.33. The second kappa shape index (κ2) is 6.60. The lowest BCUT2D eigenvalue weighted by atomic mass is 10.2. The van der Waals surface area contributed by atoms with Gasteiger partial charge in [0, 0.05) is 7.05 Å². The van der Waals surface area contributed by atoms with Crippen molar-refractivity contribution in [3.05, 3.63) is 28.3 Å². The zero-order valence-corrected chi connectivity index (χ0v) is 12.7. The van der Waals surface area contributed by atoms with Crippen LogP contribution in [0.15, 0.2) is 23.1 Å². The highest BCUT2D eigenvalue weighted by atomic mass is 32.2. The monoisotopic (exact) mass is 298 g/mol. The highest BCUT2D eigenvalue weighted by Crippen LogP contribution is 2.35. The molecule has 7 heteroatoms. The van der Waals surface area contributed by atoms with Gasteiger partial charge in [-0.25, -0.2) is 0 Å². The number of thioether (sulfide) groups is 1. The van der Waals surface area contributed by atoms with E-state index in [1.54, 1.807) is 46.0 Å². The Balaban J connectivity index is 2.83. The van der Waals surface area contributed by atoms with Gasteiger partial charge in [0.1, 0.15) is 11.3 Å². The normalized spacial score (nSPS) is 11.0. The molecule has 1 aromatic rings. The molecule has 0 amide bonds. The number of ether oxygens (including phenoxy) is 1. The molecule has 6 nitrogen and oxygen atoms in total. The molecule has 0 heterocycles. The van der Waals surface area contributed by atoms with Gasteiger partial charge in [-0.15, -0.1) is 11.8 Å². The summed E-state index contributed by atoms with van der Waals surface area (Å²) >= 11 is 1.10. The van der Waals surface area contributed by atoms with E-state index in [1.807, 2.05) is 0 Å². The summed E-state index contributed by atoms with van der Waals surface area (Å²) in [6.07, 6.45) is 0. The number of benzene rings is 1. The number of nitro groups is 1. The van der Waals surface area contributed by atoms with Gasteiger partial charge < -0.3 is 10.1 Å². The maximum atomic E-state index is 11.6. The number of nitro benzene ring substituents is 1. The van der Waals surface area contributed by atoms with Crippen LogP contribution in [-0.2, 0) is 9.53 Å². The third-order valence-corrected chi connectivity index (χ3v) is 3.24. The van der Waals surface area contributed by atoms with Crippen LogP contribution in [0.25, 0.3) is 0 Å². The van der Waals surface area contributed by atoms with E-state index in [9.17, 15) is 14.9 Å². The van der Waals surface area contributed by atoms with Crippen LogP contribution in [0.1, 0.15) is 20.8 Å². The maximum absolute atomic E-state index is 11.6. The number of nitrogens with zero attached hydrogens (tertiary/aromatic N) is 1. The Morgan fingerprint density at radius 3 is 2.60 bits per heavy atom. The predicted octanol–water partition coefficient (Wildman–Crippen LogP) is 3.07. The average molecular weight is 298 g/mol. The predicted molar refractivity (Wildman–Crippen MR) is 79.2 cm³/mol. The van der Waals surface area contributed by atoms with E-state index in [-0.39, 0.29) is 11.4 Å².